The number of hydrazone groups is 1. The summed E-state index contributed by atoms with van der Waals surface area (Å²) in [5.74, 6) is -3.29. The highest BCUT2D eigenvalue weighted by atomic mass is 35.5. The van der Waals surface area contributed by atoms with Gasteiger partial charge in [0.1, 0.15) is 11.5 Å². The Morgan fingerprint density at radius 3 is 1.95 bits per heavy atom. The lowest BCUT2D eigenvalue weighted by molar-refractivity contribution is -0.136. The molecule has 4 aromatic rings. The summed E-state index contributed by atoms with van der Waals surface area (Å²) < 4.78 is 11.0. The van der Waals surface area contributed by atoms with Crippen molar-refractivity contribution in [3.63, 3.8) is 0 Å². The molecular weight excluding hydrogens is 569 g/mol. The van der Waals surface area contributed by atoms with Crippen LogP contribution in [0.5, 0.6) is 11.5 Å². The predicted molar refractivity (Wildman–Crippen MR) is 155 cm³/mol. The van der Waals surface area contributed by atoms with Crippen LogP contribution in [0, 0.1) is 6.92 Å². The van der Waals surface area contributed by atoms with Crippen LogP contribution in [0.25, 0.3) is 0 Å². The molecule has 0 aliphatic carbocycles. The number of carbonyl (C=O) groups is 4. The molecule has 0 fully saturated rings. The number of carbonyl (C=O) groups excluding carboxylic acids is 4. The molecule has 0 aromatic heterocycles. The number of hydrogen-bond acceptors (Lipinski definition) is 7. The fourth-order valence-corrected chi connectivity index (χ4v) is 3.64. The summed E-state index contributed by atoms with van der Waals surface area (Å²) in [5.41, 5.74) is 4.18. The molecule has 4 rings (SSSR count). The molecule has 0 radical (unpaired) electrons. The van der Waals surface area contributed by atoms with Gasteiger partial charge in [0, 0.05) is 27.4 Å². The first kappa shape index (κ1) is 29.0. The van der Waals surface area contributed by atoms with Crippen molar-refractivity contribution < 1.29 is 28.7 Å². The lowest BCUT2D eigenvalue weighted by Gasteiger charge is -2.11. The lowest BCUT2D eigenvalue weighted by atomic mass is 10.2. The average Bonchev–Trinajstić information content (AvgIpc) is 2.94. The molecule has 0 heterocycles. The maximum absolute atomic E-state index is 12.8. The zero-order valence-corrected chi connectivity index (χ0v) is 22.9. The molecular formula is C30H21Cl2N3O6. The maximum atomic E-state index is 12.8. The number of esters is 2. The van der Waals surface area contributed by atoms with E-state index in [2.05, 4.69) is 15.8 Å². The highest BCUT2D eigenvalue weighted by Crippen LogP contribution is 2.26. The van der Waals surface area contributed by atoms with Crippen LogP contribution in [0.3, 0.4) is 0 Å². The first-order valence-electron chi connectivity index (χ1n) is 12.0. The number of aryl methyl sites for hydroxylation is 1. The van der Waals surface area contributed by atoms with Gasteiger partial charge in [-0.3, -0.25) is 9.59 Å². The zero-order valence-electron chi connectivity index (χ0n) is 21.4. The number of anilines is 1. The number of ether oxygens (including phenoxy) is 2. The fourth-order valence-electron chi connectivity index (χ4n) is 3.39. The van der Waals surface area contributed by atoms with Gasteiger partial charge in [0.25, 0.3) is 0 Å². The van der Waals surface area contributed by atoms with Gasteiger partial charge in [-0.2, -0.15) is 5.10 Å². The third-order valence-corrected chi connectivity index (χ3v) is 5.91. The molecule has 2 amide bonds. The summed E-state index contributed by atoms with van der Waals surface area (Å²) in [6, 6.07) is 23.3. The standard InChI is InChI=1S/C30H21Cl2N3O6/c1-18-3-2-4-24(15-18)34-27(36)28(37)35-33-17-21-9-14-25(40-29(38)19-5-10-22(31)11-6-19)16-26(21)41-30(39)20-7-12-23(32)13-8-20/h2-17H,1H3,(H,34,36)(H,35,37)/b33-17+. The van der Waals surface area contributed by atoms with E-state index >= 15 is 0 Å². The van der Waals surface area contributed by atoms with Crippen LogP contribution < -0.4 is 20.2 Å². The van der Waals surface area contributed by atoms with Crippen molar-refractivity contribution in [2.24, 2.45) is 5.10 Å². The van der Waals surface area contributed by atoms with Crippen molar-refractivity contribution in [3.05, 3.63) is 123 Å². The Balaban J connectivity index is 1.51. The Kier molecular flexibility index (Phi) is 9.47. The van der Waals surface area contributed by atoms with E-state index in [4.69, 9.17) is 32.7 Å². The summed E-state index contributed by atoms with van der Waals surface area (Å²) >= 11 is 11.8. The van der Waals surface area contributed by atoms with Crippen molar-refractivity contribution in [2.75, 3.05) is 5.32 Å². The van der Waals surface area contributed by atoms with Crippen molar-refractivity contribution >= 4 is 58.9 Å². The van der Waals surface area contributed by atoms with E-state index in [1.807, 2.05) is 13.0 Å². The Morgan fingerprint density at radius 1 is 0.732 bits per heavy atom. The number of amides is 2. The molecule has 0 aliphatic rings. The number of nitrogens with one attached hydrogen (secondary N) is 2. The van der Waals surface area contributed by atoms with Crippen LogP contribution in [0.15, 0.2) is 96.1 Å². The predicted octanol–water partition coefficient (Wildman–Crippen LogP) is 5.83. The molecule has 0 unspecified atom stereocenters. The maximum Gasteiger partial charge on any atom is 0.343 e. The summed E-state index contributed by atoms with van der Waals surface area (Å²) in [6.45, 7) is 1.85. The largest absolute Gasteiger partial charge is 0.423 e. The first-order valence-corrected chi connectivity index (χ1v) is 12.7. The van der Waals surface area contributed by atoms with E-state index in [0.29, 0.717) is 15.7 Å². The SMILES string of the molecule is Cc1cccc(NC(=O)C(=O)N/N=C/c2ccc(OC(=O)c3ccc(Cl)cc3)cc2OC(=O)c2ccc(Cl)cc2)c1. The minimum Gasteiger partial charge on any atom is -0.423 e. The number of benzene rings is 4. The van der Waals surface area contributed by atoms with E-state index in [-0.39, 0.29) is 28.2 Å². The Bertz CT molecular complexity index is 1640. The fraction of sp³-hybridized carbons (Fsp3) is 0.0333. The highest BCUT2D eigenvalue weighted by Gasteiger charge is 2.16. The molecule has 0 bridgehead atoms. The lowest BCUT2D eigenvalue weighted by Crippen LogP contribution is -2.32. The molecule has 206 valence electrons. The van der Waals surface area contributed by atoms with Crippen LogP contribution in [0.2, 0.25) is 10.0 Å². The number of halogens is 2. The smallest absolute Gasteiger partial charge is 0.343 e. The molecule has 2 N–H and O–H groups in total. The van der Waals surface area contributed by atoms with Gasteiger partial charge < -0.3 is 14.8 Å². The van der Waals surface area contributed by atoms with Gasteiger partial charge in [-0.05, 0) is 85.3 Å². The number of rotatable bonds is 7. The molecule has 0 atom stereocenters. The molecule has 41 heavy (non-hydrogen) atoms. The van der Waals surface area contributed by atoms with Gasteiger partial charge in [0.2, 0.25) is 0 Å². The van der Waals surface area contributed by atoms with Crippen LogP contribution in [-0.4, -0.2) is 30.0 Å². The van der Waals surface area contributed by atoms with Crippen molar-refractivity contribution in [2.45, 2.75) is 6.92 Å². The average molecular weight is 590 g/mol. The van der Waals surface area contributed by atoms with Crippen molar-refractivity contribution in [1.82, 2.24) is 5.43 Å². The minimum absolute atomic E-state index is 0.0337. The second-order valence-corrected chi connectivity index (χ2v) is 9.39. The number of nitrogens with zero attached hydrogens (tertiary/aromatic N) is 1. The van der Waals surface area contributed by atoms with E-state index < -0.39 is 23.8 Å². The highest BCUT2D eigenvalue weighted by molar-refractivity contribution is 6.39. The number of hydrogen-bond donors (Lipinski definition) is 2. The normalized spacial score (nSPS) is 10.6. The molecule has 0 aliphatic heterocycles. The monoisotopic (exact) mass is 589 g/mol. The van der Waals surface area contributed by atoms with Gasteiger partial charge in [0.05, 0.1) is 17.3 Å². The van der Waals surface area contributed by atoms with Crippen LogP contribution in [0.1, 0.15) is 31.8 Å². The zero-order chi connectivity index (χ0) is 29.4. The second-order valence-electron chi connectivity index (χ2n) is 8.52. The molecule has 11 heteroatoms. The summed E-state index contributed by atoms with van der Waals surface area (Å²) in [6.07, 6.45) is 1.17. The molecule has 9 nitrogen and oxygen atoms in total. The second kappa shape index (κ2) is 13.4. The molecule has 0 spiro atoms. The van der Waals surface area contributed by atoms with Gasteiger partial charge in [-0.25, -0.2) is 15.0 Å². The Morgan fingerprint density at radius 2 is 1.34 bits per heavy atom. The van der Waals surface area contributed by atoms with Crippen LogP contribution in [-0.2, 0) is 9.59 Å². The molecule has 4 aromatic carbocycles. The van der Waals surface area contributed by atoms with E-state index in [0.717, 1.165) is 5.56 Å². The first-order chi connectivity index (χ1) is 19.7. The summed E-state index contributed by atoms with van der Waals surface area (Å²) in [7, 11) is 0. The van der Waals surface area contributed by atoms with E-state index in [1.54, 1.807) is 30.3 Å². The molecule has 0 saturated carbocycles. The third-order valence-electron chi connectivity index (χ3n) is 5.41. The topological polar surface area (TPSA) is 123 Å². The van der Waals surface area contributed by atoms with Gasteiger partial charge >= 0.3 is 23.8 Å². The Hall–Kier alpha value is -4.99. The van der Waals surface area contributed by atoms with E-state index in [1.165, 1.54) is 60.8 Å². The quantitative estimate of drug-likeness (QED) is 0.0919. The minimum atomic E-state index is -1.02. The van der Waals surface area contributed by atoms with Crippen molar-refractivity contribution in [3.8, 4) is 11.5 Å². The summed E-state index contributed by atoms with van der Waals surface area (Å²) in [5, 5.41) is 7.18. The van der Waals surface area contributed by atoms with Gasteiger partial charge in [-0.15, -0.1) is 0 Å². The van der Waals surface area contributed by atoms with Gasteiger partial charge in [-0.1, -0.05) is 35.3 Å². The van der Waals surface area contributed by atoms with Gasteiger partial charge in [0.15, 0.2) is 0 Å². The molecule has 0 saturated heterocycles. The summed E-state index contributed by atoms with van der Waals surface area (Å²) in [4.78, 5) is 49.8. The van der Waals surface area contributed by atoms with E-state index in [9.17, 15) is 19.2 Å². The van der Waals surface area contributed by atoms with Crippen LogP contribution >= 0.6 is 23.2 Å². The van der Waals surface area contributed by atoms with Crippen molar-refractivity contribution in [1.29, 1.82) is 0 Å². The third kappa shape index (κ3) is 8.25. The Labute approximate surface area is 244 Å². The van der Waals surface area contributed by atoms with Crippen LogP contribution in [0.4, 0.5) is 5.69 Å².